The SMILES string of the molecule is CCCNC(Cc1c(Cl)c(C)nn1CC)C1CCCO1. The molecule has 0 aromatic carbocycles. The summed E-state index contributed by atoms with van der Waals surface area (Å²) in [5, 5.41) is 8.94. The molecule has 0 amide bonds. The van der Waals surface area contributed by atoms with E-state index in [0.717, 1.165) is 61.8 Å². The van der Waals surface area contributed by atoms with Crippen LogP contribution in [0.4, 0.5) is 0 Å². The van der Waals surface area contributed by atoms with E-state index >= 15 is 0 Å². The predicted octanol–water partition coefficient (Wildman–Crippen LogP) is 2.95. The van der Waals surface area contributed by atoms with E-state index < -0.39 is 0 Å². The Kier molecular flexibility index (Phi) is 5.87. The van der Waals surface area contributed by atoms with Crippen molar-refractivity contribution in [2.24, 2.45) is 0 Å². The molecule has 20 heavy (non-hydrogen) atoms. The molecule has 1 N–H and O–H groups in total. The van der Waals surface area contributed by atoms with Gasteiger partial charge < -0.3 is 10.1 Å². The van der Waals surface area contributed by atoms with Crippen molar-refractivity contribution in [2.75, 3.05) is 13.2 Å². The van der Waals surface area contributed by atoms with Crippen molar-refractivity contribution in [3.05, 3.63) is 16.4 Å². The van der Waals surface area contributed by atoms with Crippen molar-refractivity contribution in [3.63, 3.8) is 0 Å². The normalized spacial score (nSPS) is 20.5. The van der Waals surface area contributed by atoms with Crippen LogP contribution in [0.25, 0.3) is 0 Å². The molecule has 1 aliphatic rings. The number of aromatic nitrogens is 2. The van der Waals surface area contributed by atoms with Crippen molar-refractivity contribution in [3.8, 4) is 0 Å². The fourth-order valence-corrected chi connectivity index (χ4v) is 3.07. The molecule has 1 aliphatic heterocycles. The molecule has 4 nitrogen and oxygen atoms in total. The lowest BCUT2D eigenvalue weighted by Gasteiger charge is -2.24. The second-order valence-corrected chi connectivity index (χ2v) is 5.86. The molecule has 1 saturated heterocycles. The van der Waals surface area contributed by atoms with Gasteiger partial charge in [0.2, 0.25) is 0 Å². The average molecular weight is 300 g/mol. The summed E-state index contributed by atoms with van der Waals surface area (Å²) >= 11 is 6.43. The highest BCUT2D eigenvalue weighted by molar-refractivity contribution is 6.31. The molecule has 2 atom stereocenters. The van der Waals surface area contributed by atoms with Crippen LogP contribution in [0.5, 0.6) is 0 Å². The van der Waals surface area contributed by atoms with Gasteiger partial charge in [0.05, 0.1) is 22.5 Å². The third-order valence-corrected chi connectivity index (χ3v) is 4.43. The van der Waals surface area contributed by atoms with Crippen LogP contribution in [-0.4, -0.2) is 35.1 Å². The third kappa shape index (κ3) is 3.54. The van der Waals surface area contributed by atoms with Gasteiger partial charge in [-0.25, -0.2) is 0 Å². The predicted molar refractivity (Wildman–Crippen MR) is 82.4 cm³/mol. The quantitative estimate of drug-likeness (QED) is 0.841. The van der Waals surface area contributed by atoms with Crippen LogP contribution in [0.15, 0.2) is 0 Å². The van der Waals surface area contributed by atoms with Crippen LogP contribution in [0.3, 0.4) is 0 Å². The van der Waals surface area contributed by atoms with Crippen molar-refractivity contribution in [1.29, 1.82) is 0 Å². The number of aryl methyl sites for hydroxylation is 2. The summed E-state index contributed by atoms with van der Waals surface area (Å²) < 4.78 is 7.89. The average Bonchev–Trinajstić information content (AvgIpc) is 3.06. The van der Waals surface area contributed by atoms with Gasteiger partial charge >= 0.3 is 0 Å². The first-order chi connectivity index (χ1) is 9.67. The second-order valence-electron chi connectivity index (χ2n) is 5.48. The van der Waals surface area contributed by atoms with Gasteiger partial charge in [-0.1, -0.05) is 18.5 Å². The van der Waals surface area contributed by atoms with Crippen LogP contribution in [-0.2, 0) is 17.7 Å². The summed E-state index contributed by atoms with van der Waals surface area (Å²) in [6.45, 7) is 9.02. The molecule has 0 radical (unpaired) electrons. The van der Waals surface area contributed by atoms with Gasteiger partial charge in [0.15, 0.2) is 0 Å². The molecule has 2 heterocycles. The number of nitrogens with one attached hydrogen (secondary N) is 1. The van der Waals surface area contributed by atoms with E-state index in [2.05, 4.69) is 24.3 Å². The summed E-state index contributed by atoms with van der Waals surface area (Å²) in [6, 6.07) is 0.330. The lowest BCUT2D eigenvalue weighted by atomic mass is 10.0. The van der Waals surface area contributed by atoms with Crippen molar-refractivity contribution < 1.29 is 4.74 Å². The molecule has 0 bridgehead atoms. The van der Waals surface area contributed by atoms with Crippen LogP contribution in [0.1, 0.15) is 44.5 Å². The van der Waals surface area contributed by atoms with Crippen LogP contribution >= 0.6 is 11.6 Å². The maximum Gasteiger partial charge on any atom is 0.0847 e. The molecule has 114 valence electrons. The highest BCUT2D eigenvalue weighted by atomic mass is 35.5. The molecule has 1 fully saturated rings. The zero-order valence-corrected chi connectivity index (χ0v) is 13.5. The number of halogens is 1. The van der Waals surface area contributed by atoms with Gasteiger partial charge in [-0.3, -0.25) is 4.68 Å². The highest BCUT2D eigenvalue weighted by Crippen LogP contribution is 2.25. The molecule has 0 spiro atoms. The molecule has 0 saturated carbocycles. The molecule has 2 rings (SSSR count). The Hall–Kier alpha value is -0.580. The first-order valence-corrected chi connectivity index (χ1v) is 8.11. The van der Waals surface area contributed by atoms with Gasteiger partial charge in [0, 0.05) is 25.6 Å². The minimum absolute atomic E-state index is 0.304. The van der Waals surface area contributed by atoms with E-state index in [9.17, 15) is 0 Å². The zero-order chi connectivity index (χ0) is 14.5. The van der Waals surface area contributed by atoms with E-state index in [-0.39, 0.29) is 0 Å². The van der Waals surface area contributed by atoms with Crippen LogP contribution in [0.2, 0.25) is 5.02 Å². The lowest BCUT2D eigenvalue weighted by Crippen LogP contribution is -2.42. The number of ether oxygens (including phenoxy) is 1. The van der Waals surface area contributed by atoms with Crippen molar-refractivity contribution >= 4 is 11.6 Å². The van der Waals surface area contributed by atoms with Crippen LogP contribution in [0, 0.1) is 6.92 Å². The monoisotopic (exact) mass is 299 g/mol. The first kappa shape index (κ1) is 15.8. The van der Waals surface area contributed by atoms with Gasteiger partial charge in [-0.05, 0) is 39.7 Å². The maximum absolute atomic E-state index is 6.43. The van der Waals surface area contributed by atoms with Crippen molar-refractivity contribution in [2.45, 2.75) is 65.1 Å². The minimum atomic E-state index is 0.304. The maximum atomic E-state index is 6.43. The first-order valence-electron chi connectivity index (χ1n) is 7.74. The Labute approximate surface area is 126 Å². The summed E-state index contributed by atoms with van der Waals surface area (Å²) in [7, 11) is 0. The molecule has 0 aliphatic carbocycles. The second kappa shape index (κ2) is 7.43. The fourth-order valence-electron chi connectivity index (χ4n) is 2.86. The van der Waals surface area contributed by atoms with Gasteiger partial charge in [0.1, 0.15) is 0 Å². The lowest BCUT2D eigenvalue weighted by molar-refractivity contribution is 0.0777. The van der Waals surface area contributed by atoms with Gasteiger partial charge in [0.25, 0.3) is 0 Å². The Balaban J connectivity index is 2.13. The topological polar surface area (TPSA) is 39.1 Å². The summed E-state index contributed by atoms with van der Waals surface area (Å²) in [5.74, 6) is 0. The van der Waals surface area contributed by atoms with Gasteiger partial charge in [-0.15, -0.1) is 0 Å². The van der Waals surface area contributed by atoms with E-state index in [4.69, 9.17) is 16.3 Å². The number of nitrogens with zero attached hydrogens (tertiary/aromatic N) is 2. The van der Waals surface area contributed by atoms with E-state index in [1.54, 1.807) is 0 Å². The summed E-state index contributed by atoms with van der Waals surface area (Å²) in [4.78, 5) is 0. The Morgan fingerprint density at radius 1 is 1.50 bits per heavy atom. The van der Waals surface area contributed by atoms with E-state index in [1.165, 1.54) is 0 Å². The van der Waals surface area contributed by atoms with Crippen LogP contribution < -0.4 is 5.32 Å². The van der Waals surface area contributed by atoms with Gasteiger partial charge in [-0.2, -0.15) is 5.10 Å². The van der Waals surface area contributed by atoms with Crippen molar-refractivity contribution in [1.82, 2.24) is 15.1 Å². The summed E-state index contributed by atoms with van der Waals surface area (Å²) in [6.07, 6.45) is 4.62. The third-order valence-electron chi connectivity index (χ3n) is 3.94. The molecule has 5 heteroatoms. The molecular weight excluding hydrogens is 274 g/mol. The number of hydrogen-bond donors (Lipinski definition) is 1. The molecule has 1 aromatic rings. The standard InChI is InChI=1S/C15H26ClN3O/c1-4-8-17-12(14-7-6-9-20-14)10-13-15(16)11(3)18-19(13)5-2/h12,14,17H,4-10H2,1-3H3. The minimum Gasteiger partial charge on any atom is -0.377 e. The Bertz CT molecular complexity index is 427. The molecule has 2 unspecified atom stereocenters. The molecular formula is C15H26ClN3O. The Morgan fingerprint density at radius 2 is 2.30 bits per heavy atom. The summed E-state index contributed by atoms with van der Waals surface area (Å²) in [5.41, 5.74) is 2.06. The smallest absolute Gasteiger partial charge is 0.0847 e. The Morgan fingerprint density at radius 3 is 2.90 bits per heavy atom. The largest absolute Gasteiger partial charge is 0.377 e. The fraction of sp³-hybridized carbons (Fsp3) is 0.800. The zero-order valence-electron chi connectivity index (χ0n) is 12.8. The number of hydrogen-bond acceptors (Lipinski definition) is 3. The van der Waals surface area contributed by atoms with E-state index in [1.807, 2.05) is 11.6 Å². The molecule has 1 aromatic heterocycles. The highest BCUT2D eigenvalue weighted by Gasteiger charge is 2.28. The number of rotatable bonds is 7. The van der Waals surface area contributed by atoms with E-state index in [0.29, 0.717) is 12.1 Å².